The molecule has 0 amide bonds. The molecular weight excluding hydrogens is 256 g/mol. The highest BCUT2D eigenvalue weighted by Gasteiger charge is 2.09. The van der Waals surface area contributed by atoms with Crippen LogP contribution in [0.1, 0.15) is 6.92 Å². The molecule has 5 heteroatoms. The fourth-order valence-electron chi connectivity index (χ4n) is 2.03. The third-order valence-electron chi connectivity index (χ3n) is 3.01. The van der Waals surface area contributed by atoms with Gasteiger partial charge in [-0.15, -0.1) is 0 Å². The summed E-state index contributed by atoms with van der Waals surface area (Å²) in [7, 11) is 3.26. The Labute approximate surface area is 118 Å². The maximum absolute atomic E-state index is 5.34. The molecule has 2 aromatic rings. The Morgan fingerprint density at radius 1 is 1.15 bits per heavy atom. The molecule has 0 radical (unpaired) electrons. The average molecular weight is 276 g/mol. The molecule has 0 saturated carbocycles. The second kappa shape index (κ2) is 6.96. The van der Waals surface area contributed by atoms with Crippen LogP contribution in [0.3, 0.4) is 0 Å². The van der Waals surface area contributed by atoms with Crippen LogP contribution in [-0.4, -0.2) is 39.0 Å². The van der Waals surface area contributed by atoms with E-state index in [1.807, 2.05) is 25.1 Å². The van der Waals surface area contributed by atoms with Crippen LogP contribution in [0.4, 0.5) is 5.82 Å². The van der Waals surface area contributed by atoms with Crippen molar-refractivity contribution in [3.63, 3.8) is 0 Å². The highest BCUT2D eigenvalue weighted by atomic mass is 16.5. The SMILES string of the molecule is CCOCCNc1nccc2cc(OC)c(OC)cc12. The molecule has 0 spiro atoms. The predicted octanol–water partition coefficient (Wildman–Crippen LogP) is 2.70. The highest BCUT2D eigenvalue weighted by Crippen LogP contribution is 2.34. The Balaban J connectivity index is 2.30. The van der Waals surface area contributed by atoms with Gasteiger partial charge in [0, 0.05) is 24.7 Å². The number of hydrogen-bond acceptors (Lipinski definition) is 5. The smallest absolute Gasteiger partial charge is 0.161 e. The Morgan fingerprint density at radius 3 is 2.60 bits per heavy atom. The molecule has 1 aromatic heterocycles. The van der Waals surface area contributed by atoms with Crippen LogP contribution in [-0.2, 0) is 4.74 Å². The fraction of sp³-hybridized carbons (Fsp3) is 0.400. The zero-order valence-corrected chi connectivity index (χ0v) is 12.1. The zero-order chi connectivity index (χ0) is 14.4. The third-order valence-corrected chi connectivity index (χ3v) is 3.01. The minimum atomic E-state index is 0.655. The topological polar surface area (TPSA) is 52.6 Å². The number of hydrogen-bond donors (Lipinski definition) is 1. The number of anilines is 1. The Hall–Kier alpha value is -2.01. The van der Waals surface area contributed by atoms with Crippen LogP contribution in [0.25, 0.3) is 10.8 Å². The molecule has 0 bridgehead atoms. The summed E-state index contributed by atoms with van der Waals surface area (Å²) >= 11 is 0. The summed E-state index contributed by atoms with van der Waals surface area (Å²) in [6, 6.07) is 5.83. The first-order valence-corrected chi connectivity index (χ1v) is 6.62. The molecule has 0 saturated heterocycles. The first-order chi connectivity index (χ1) is 9.80. The van der Waals surface area contributed by atoms with Crippen molar-refractivity contribution >= 4 is 16.6 Å². The van der Waals surface area contributed by atoms with E-state index in [1.165, 1.54) is 0 Å². The van der Waals surface area contributed by atoms with Crippen molar-refractivity contribution in [2.24, 2.45) is 0 Å². The fourth-order valence-corrected chi connectivity index (χ4v) is 2.03. The molecule has 1 N–H and O–H groups in total. The lowest BCUT2D eigenvalue weighted by Crippen LogP contribution is -2.10. The van der Waals surface area contributed by atoms with Gasteiger partial charge in [-0.25, -0.2) is 4.98 Å². The number of nitrogens with zero attached hydrogens (tertiary/aromatic N) is 1. The molecule has 0 aliphatic carbocycles. The van der Waals surface area contributed by atoms with E-state index >= 15 is 0 Å². The summed E-state index contributed by atoms with van der Waals surface area (Å²) < 4.78 is 16.0. The molecule has 5 nitrogen and oxygen atoms in total. The number of ether oxygens (including phenoxy) is 3. The van der Waals surface area contributed by atoms with Crippen molar-refractivity contribution in [3.05, 3.63) is 24.4 Å². The van der Waals surface area contributed by atoms with Crippen molar-refractivity contribution < 1.29 is 14.2 Å². The predicted molar refractivity (Wildman–Crippen MR) is 79.8 cm³/mol. The number of aromatic nitrogens is 1. The lowest BCUT2D eigenvalue weighted by atomic mass is 10.1. The summed E-state index contributed by atoms with van der Waals surface area (Å²) in [6.07, 6.45) is 1.78. The Bertz CT molecular complexity index is 572. The van der Waals surface area contributed by atoms with Gasteiger partial charge >= 0.3 is 0 Å². The van der Waals surface area contributed by atoms with Crippen LogP contribution < -0.4 is 14.8 Å². The van der Waals surface area contributed by atoms with Crippen molar-refractivity contribution in [1.82, 2.24) is 4.98 Å². The summed E-state index contributed by atoms with van der Waals surface area (Å²) in [5.41, 5.74) is 0. The van der Waals surface area contributed by atoms with Crippen molar-refractivity contribution in [3.8, 4) is 11.5 Å². The molecule has 1 heterocycles. The van der Waals surface area contributed by atoms with Crippen LogP contribution in [0.5, 0.6) is 11.5 Å². The van der Waals surface area contributed by atoms with E-state index in [1.54, 1.807) is 20.4 Å². The number of pyridine rings is 1. The number of rotatable bonds is 7. The van der Waals surface area contributed by atoms with Gasteiger partial charge in [0.25, 0.3) is 0 Å². The number of nitrogens with one attached hydrogen (secondary N) is 1. The molecule has 20 heavy (non-hydrogen) atoms. The van der Waals surface area contributed by atoms with Gasteiger partial charge in [-0.1, -0.05) is 0 Å². The first kappa shape index (κ1) is 14.4. The summed E-state index contributed by atoms with van der Waals surface area (Å²) in [6.45, 7) is 4.07. The number of benzene rings is 1. The standard InChI is InChI=1S/C15H20N2O3/c1-4-20-8-7-17-15-12-10-14(19-3)13(18-2)9-11(12)5-6-16-15/h5-6,9-10H,4,7-8H2,1-3H3,(H,16,17). The largest absolute Gasteiger partial charge is 0.493 e. The molecule has 0 unspecified atom stereocenters. The molecule has 108 valence electrons. The molecule has 0 aliphatic rings. The van der Waals surface area contributed by atoms with Gasteiger partial charge in [-0.3, -0.25) is 0 Å². The van der Waals surface area contributed by atoms with Gasteiger partial charge in [-0.2, -0.15) is 0 Å². The van der Waals surface area contributed by atoms with Gasteiger partial charge in [-0.05, 0) is 30.5 Å². The molecule has 1 aromatic carbocycles. The summed E-state index contributed by atoms with van der Waals surface area (Å²) in [4.78, 5) is 4.37. The maximum atomic E-state index is 5.34. The second-order valence-corrected chi connectivity index (χ2v) is 4.21. The van der Waals surface area contributed by atoms with Gasteiger partial charge in [0.15, 0.2) is 11.5 Å². The molecular formula is C15H20N2O3. The normalized spacial score (nSPS) is 10.6. The zero-order valence-electron chi connectivity index (χ0n) is 12.1. The van der Waals surface area contributed by atoms with E-state index in [0.29, 0.717) is 24.7 Å². The van der Waals surface area contributed by atoms with Gasteiger partial charge in [0.2, 0.25) is 0 Å². The van der Waals surface area contributed by atoms with E-state index < -0.39 is 0 Å². The molecule has 0 fully saturated rings. The van der Waals surface area contributed by atoms with Crippen molar-refractivity contribution in [2.45, 2.75) is 6.92 Å². The van der Waals surface area contributed by atoms with Crippen LogP contribution in [0.15, 0.2) is 24.4 Å². The minimum Gasteiger partial charge on any atom is -0.493 e. The monoisotopic (exact) mass is 276 g/mol. The van der Waals surface area contributed by atoms with E-state index in [2.05, 4.69) is 10.3 Å². The molecule has 0 aliphatic heterocycles. The lowest BCUT2D eigenvalue weighted by Gasteiger charge is -2.12. The van der Waals surface area contributed by atoms with Gasteiger partial charge in [0.05, 0.1) is 20.8 Å². The average Bonchev–Trinajstić information content (AvgIpc) is 2.50. The highest BCUT2D eigenvalue weighted by molar-refractivity contribution is 5.94. The lowest BCUT2D eigenvalue weighted by molar-refractivity contribution is 0.158. The first-order valence-electron chi connectivity index (χ1n) is 6.62. The van der Waals surface area contributed by atoms with Crippen molar-refractivity contribution in [1.29, 1.82) is 0 Å². The number of fused-ring (bicyclic) bond motifs is 1. The van der Waals surface area contributed by atoms with Gasteiger partial charge in [0.1, 0.15) is 5.82 Å². The van der Waals surface area contributed by atoms with E-state index in [0.717, 1.165) is 23.2 Å². The quantitative estimate of drug-likeness (QED) is 0.788. The minimum absolute atomic E-state index is 0.655. The van der Waals surface area contributed by atoms with E-state index in [9.17, 15) is 0 Å². The molecule has 2 rings (SSSR count). The van der Waals surface area contributed by atoms with Crippen LogP contribution in [0.2, 0.25) is 0 Å². The Morgan fingerprint density at radius 2 is 1.90 bits per heavy atom. The molecule has 0 atom stereocenters. The van der Waals surface area contributed by atoms with Crippen LogP contribution in [0, 0.1) is 0 Å². The third kappa shape index (κ3) is 3.11. The summed E-state index contributed by atoms with van der Waals surface area (Å²) in [5.74, 6) is 2.23. The number of methoxy groups -OCH3 is 2. The van der Waals surface area contributed by atoms with Crippen LogP contribution >= 0.6 is 0 Å². The Kier molecular flexibility index (Phi) is 5.01. The van der Waals surface area contributed by atoms with Gasteiger partial charge < -0.3 is 19.5 Å². The maximum Gasteiger partial charge on any atom is 0.161 e. The van der Waals surface area contributed by atoms with Crippen molar-refractivity contribution in [2.75, 3.05) is 39.3 Å². The van der Waals surface area contributed by atoms with E-state index in [4.69, 9.17) is 14.2 Å². The van der Waals surface area contributed by atoms with E-state index in [-0.39, 0.29) is 0 Å². The second-order valence-electron chi connectivity index (χ2n) is 4.21. The summed E-state index contributed by atoms with van der Waals surface area (Å²) in [5, 5.41) is 5.33.